The van der Waals surface area contributed by atoms with Crippen LogP contribution in [-0.2, 0) is 24.4 Å². The molecule has 0 unspecified atom stereocenters. The summed E-state index contributed by atoms with van der Waals surface area (Å²) < 4.78 is 26.1. The molecule has 12 heteroatoms. The molecule has 2 amide bonds. The normalized spacial score (nSPS) is 22.2. The van der Waals surface area contributed by atoms with Crippen molar-refractivity contribution in [2.75, 3.05) is 32.4 Å². The van der Waals surface area contributed by atoms with Crippen LogP contribution in [0.5, 0.6) is 0 Å². The number of aromatic nitrogens is 1. The van der Waals surface area contributed by atoms with Crippen LogP contribution >= 0.6 is 0 Å². The van der Waals surface area contributed by atoms with Gasteiger partial charge in [0, 0.05) is 56.7 Å². The lowest BCUT2D eigenvalue weighted by molar-refractivity contribution is -0.135. The van der Waals surface area contributed by atoms with E-state index in [9.17, 15) is 22.8 Å². The number of likely N-dealkylation sites (tertiary alicyclic amines) is 1. The first-order chi connectivity index (χ1) is 14.1. The first-order valence-electron chi connectivity index (χ1n) is 9.36. The number of amides is 2. The maximum absolute atomic E-state index is 12.9. The van der Waals surface area contributed by atoms with Gasteiger partial charge in [-0.3, -0.25) is 23.7 Å². The average molecular weight is 442 g/mol. The predicted molar refractivity (Wildman–Crippen MR) is 107 cm³/mol. The van der Waals surface area contributed by atoms with Crippen molar-refractivity contribution in [3.05, 3.63) is 34.2 Å². The molecule has 0 radical (unpaired) electrons. The number of sulfonamides is 1. The fourth-order valence-corrected chi connectivity index (χ4v) is 4.53. The highest BCUT2D eigenvalue weighted by atomic mass is 32.2. The topological polar surface area (TPSA) is 155 Å². The maximum Gasteiger partial charge on any atom is 0.290 e. The van der Waals surface area contributed by atoms with Gasteiger partial charge in [-0.2, -0.15) is 0 Å². The Labute approximate surface area is 174 Å². The molecule has 3 N–H and O–H groups in total. The van der Waals surface area contributed by atoms with Gasteiger partial charge in [0.25, 0.3) is 12.0 Å². The van der Waals surface area contributed by atoms with Crippen LogP contribution in [0, 0.1) is 5.92 Å². The molecule has 0 saturated carbocycles. The van der Waals surface area contributed by atoms with Crippen LogP contribution in [-0.4, -0.2) is 73.7 Å². The van der Waals surface area contributed by atoms with Crippen LogP contribution in [0.4, 0.5) is 0 Å². The molecule has 0 aliphatic carbocycles. The average Bonchev–Trinajstić information content (AvgIpc) is 2.66. The third-order valence-corrected chi connectivity index (χ3v) is 5.88. The molecule has 0 spiro atoms. The van der Waals surface area contributed by atoms with Gasteiger partial charge in [-0.15, -0.1) is 0 Å². The summed E-state index contributed by atoms with van der Waals surface area (Å²) in [7, 11) is -3.33. The molecule has 3 atom stereocenters. The second kappa shape index (κ2) is 9.85. The summed E-state index contributed by atoms with van der Waals surface area (Å²) in [5.41, 5.74) is 0.520. The highest BCUT2D eigenvalue weighted by Crippen LogP contribution is 2.41. The van der Waals surface area contributed by atoms with Crippen LogP contribution in [0.3, 0.4) is 0 Å². The zero-order valence-corrected chi connectivity index (χ0v) is 17.6. The van der Waals surface area contributed by atoms with Crippen molar-refractivity contribution in [2.24, 2.45) is 5.92 Å². The van der Waals surface area contributed by atoms with Gasteiger partial charge in [0.2, 0.25) is 21.8 Å². The van der Waals surface area contributed by atoms with E-state index >= 15 is 0 Å². The summed E-state index contributed by atoms with van der Waals surface area (Å²) in [5.74, 6) is -0.526. The molecule has 11 nitrogen and oxygen atoms in total. The van der Waals surface area contributed by atoms with E-state index < -0.39 is 16.1 Å². The van der Waals surface area contributed by atoms with E-state index in [1.54, 1.807) is 11.0 Å². The van der Waals surface area contributed by atoms with E-state index in [-0.39, 0.29) is 48.8 Å². The Morgan fingerprint density at radius 3 is 2.53 bits per heavy atom. The molecular formula is C18H26N4O7S. The third-order valence-electron chi connectivity index (χ3n) is 5.15. The summed E-state index contributed by atoms with van der Waals surface area (Å²) in [6.45, 7) is 2.41. The molecule has 30 heavy (non-hydrogen) atoms. The molecule has 3 heterocycles. The molecule has 166 valence electrons. The quantitative estimate of drug-likeness (QED) is 0.379. The Balaban J connectivity index is 0.00000101. The van der Waals surface area contributed by atoms with Crippen LogP contribution in [0.2, 0.25) is 0 Å². The monoisotopic (exact) mass is 442 g/mol. The molecule has 1 aromatic rings. The lowest BCUT2D eigenvalue weighted by atomic mass is 9.78. The fourth-order valence-electron chi connectivity index (χ4n) is 4.05. The highest BCUT2D eigenvalue weighted by Gasteiger charge is 2.44. The van der Waals surface area contributed by atoms with Crippen molar-refractivity contribution in [1.82, 2.24) is 19.5 Å². The first-order valence-corrected chi connectivity index (χ1v) is 11.2. The van der Waals surface area contributed by atoms with Crippen LogP contribution < -0.4 is 15.6 Å². The van der Waals surface area contributed by atoms with E-state index in [1.807, 2.05) is 6.07 Å². The number of nitrogens with zero attached hydrogens (tertiary/aromatic N) is 2. The van der Waals surface area contributed by atoms with E-state index in [4.69, 9.17) is 9.90 Å². The van der Waals surface area contributed by atoms with E-state index in [0.29, 0.717) is 13.1 Å². The second-order valence-electron chi connectivity index (χ2n) is 7.28. The van der Waals surface area contributed by atoms with Gasteiger partial charge in [-0.25, -0.2) is 13.1 Å². The number of rotatable bonds is 5. The third kappa shape index (κ3) is 5.66. The van der Waals surface area contributed by atoms with Crippen LogP contribution in [0.1, 0.15) is 31.0 Å². The maximum atomic E-state index is 12.9. The van der Waals surface area contributed by atoms with E-state index in [0.717, 1.165) is 18.4 Å². The Kier molecular flexibility index (Phi) is 7.73. The molecule has 1 fully saturated rings. The number of hydrogen-bond acceptors (Lipinski definition) is 6. The van der Waals surface area contributed by atoms with Crippen LogP contribution in [0.15, 0.2) is 23.0 Å². The van der Waals surface area contributed by atoms with Crippen LogP contribution in [0.25, 0.3) is 0 Å². The minimum absolute atomic E-state index is 0.0255. The summed E-state index contributed by atoms with van der Waals surface area (Å²) >= 11 is 0. The minimum atomic E-state index is -3.33. The fraction of sp³-hybridized carbons (Fsp3) is 0.556. The number of nitrogens with one attached hydrogen (secondary N) is 2. The van der Waals surface area contributed by atoms with Gasteiger partial charge < -0.3 is 15.3 Å². The van der Waals surface area contributed by atoms with Crippen molar-refractivity contribution < 1.29 is 27.9 Å². The van der Waals surface area contributed by atoms with Gasteiger partial charge in [-0.1, -0.05) is 6.07 Å². The largest absolute Gasteiger partial charge is 0.483 e. The predicted octanol–water partition coefficient (Wildman–Crippen LogP) is -1.28. The highest BCUT2D eigenvalue weighted by molar-refractivity contribution is 7.88. The summed E-state index contributed by atoms with van der Waals surface area (Å²) in [6.07, 6.45) is 1.77. The minimum Gasteiger partial charge on any atom is -0.483 e. The molecule has 3 rings (SSSR count). The van der Waals surface area contributed by atoms with Gasteiger partial charge in [0.05, 0.1) is 6.26 Å². The van der Waals surface area contributed by atoms with E-state index in [2.05, 4.69) is 10.0 Å². The van der Waals surface area contributed by atoms with Gasteiger partial charge in [0.1, 0.15) is 6.04 Å². The lowest BCUT2D eigenvalue weighted by Crippen LogP contribution is -2.54. The number of piperidine rings is 1. The Bertz CT molecular complexity index is 960. The second-order valence-corrected chi connectivity index (χ2v) is 9.12. The Morgan fingerprint density at radius 1 is 1.27 bits per heavy atom. The van der Waals surface area contributed by atoms with Gasteiger partial charge in [0.15, 0.2) is 0 Å². The molecule has 2 aliphatic heterocycles. The Hall–Kier alpha value is -2.73. The summed E-state index contributed by atoms with van der Waals surface area (Å²) in [4.78, 5) is 47.3. The number of pyridine rings is 1. The van der Waals surface area contributed by atoms with E-state index in [1.165, 1.54) is 17.6 Å². The van der Waals surface area contributed by atoms with Crippen molar-refractivity contribution in [1.29, 1.82) is 0 Å². The summed E-state index contributed by atoms with van der Waals surface area (Å²) in [5, 5.41) is 9.60. The number of fused-ring (bicyclic) bond motifs is 4. The van der Waals surface area contributed by atoms with Crippen molar-refractivity contribution in [2.45, 2.75) is 25.3 Å². The Morgan fingerprint density at radius 2 is 1.93 bits per heavy atom. The molecule has 2 bridgehead atoms. The molecule has 0 aromatic carbocycles. The standard InChI is InChI=1S/C17H24N4O5S.CH2O2/c1-11(22)20-9-12-8-13(10-20)16(21-14(12)4-3-5-15(21)23)17(24)18-6-7-19-27(2,25)26;2-1-3/h3-5,12-13,16,19H,6-10H2,1-2H3,(H,18,24);1H,(H,2,3)/t12-,13+,16-;/m1./s1. The number of carboxylic acid groups (broad SMARTS) is 1. The number of carbonyl (C=O) groups is 3. The number of hydrogen-bond donors (Lipinski definition) is 3. The molecule has 2 aliphatic rings. The first kappa shape index (κ1) is 23.5. The van der Waals surface area contributed by atoms with Gasteiger partial charge in [-0.05, 0) is 12.5 Å². The lowest BCUT2D eigenvalue weighted by Gasteiger charge is -2.46. The summed E-state index contributed by atoms with van der Waals surface area (Å²) in [6, 6.07) is 4.22. The molecule has 1 saturated heterocycles. The zero-order chi connectivity index (χ0) is 22.5. The SMILES string of the molecule is CC(=O)N1C[C@H]2C[C@@H](C1)[C@H](C(=O)NCCNS(C)(=O)=O)n1c2cccc1=O.O=CO. The van der Waals surface area contributed by atoms with Crippen molar-refractivity contribution in [3.63, 3.8) is 0 Å². The van der Waals surface area contributed by atoms with Crippen molar-refractivity contribution >= 4 is 28.3 Å². The zero-order valence-electron chi connectivity index (χ0n) is 16.8. The molecule has 1 aromatic heterocycles. The van der Waals surface area contributed by atoms with Gasteiger partial charge >= 0.3 is 0 Å². The molecular weight excluding hydrogens is 416 g/mol. The number of carbonyl (C=O) groups excluding carboxylic acids is 2. The van der Waals surface area contributed by atoms with Crippen molar-refractivity contribution in [3.8, 4) is 0 Å². The smallest absolute Gasteiger partial charge is 0.290 e.